The van der Waals surface area contributed by atoms with E-state index in [1.54, 1.807) is 0 Å². The van der Waals surface area contributed by atoms with E-state index in [4.69, 9.17) is 4.43 Å². The molecule has 112 valence electrons. The summed E-state index contributed by atoms with van der Waals surface area (Å²) in [5.41, 5.74) is 1.01. The van der Waals surface area contributed by atoms with Gasteiger partial charge < -0.3 is 9.53 Å². The predicted octanol–water partition coefficient (Wildman–Crippen LogP) is 4.67. The van der Waals surface area contributed by atoms with Gasteiger partial charge in [-0.3, -0.25) is 0 Å². The van der Waals surface area contributed by atoms with E-state index >= 15 is 0 Å². The molecule has 0 amide bonds. The maximum absolute atomic E-state index is 9.82. The van der Waals surface area contributed by atoms with Gasteiger partial charge in [-0.2, -0.15) is 0 Å². The highest BCUT2D eigenvalue weighted by Crippen LogP contribution is 2.36. The first-order valence-corrected chi connectivity index (χ1v) is 10.1. The predicted molar refractivity (Wildman–Crippen MR) is 87.0 cm³/mol. The van der Waals surface area contributed by atoms with Crippen molar-refractivity contribution in [1.29, 1.82) is 0 Å². The highest BCUT2D eigenvalue weighted by Gasteiger charge is 2.37. The second-order valence-electron chi connectivity index (χ2n) is 6.72. The SMILES string of the molecule is C=CCCC/C=C(/CO[Si](C)(C)C(C)(C)C)C(C)O. The van der Waals surface area contributed by atoms with Crippen molar-refractivity contribution in [2.75, 3.05) is 6.61 Å². The van der Waals surface area contributed by atoms with Gasteiger partial charge in [0.1, 0.15) is 0 Å². The molecule has 1 atom stereocenters. The van der Waals surface area contributed by atoms with Gasteiger partial charge in [0.15, 0.2) is 8.32 Å². The highest BCUT2D eigenvalue weighted by atomic mass is 28.4. The van der Waals surface area contributed by atoms with E-state index in [2.05, 4.69) is 46.5 Å². The van der Waals surface area contributed by atoms with E-state index in [-0.39, 0.29) is 5.04 Å². The van der Waals surface area contributed by atoms with Gasteiger partial charge in [-0.1, -0.05) is 32.9 Å². The molecule has 0 bridgehead atoms. The zero-order valence-electron chi connectivity index (χ0n) is 13.6. The number of hydrogen-bond acceptors (Lipinski definition) is 2. The second kappa shape index (κ2) is 8.03. The van der Waals surface area contributed by atoms with Crippen LogP contribution in [-0.2, 0) is 4.43 Å². The summed E-state index contributed by atoms with van der Waals surface area (Å²) < 4.78 is 6.16. The largest absolute Gasteiger partial charge is 0.413 e. The van der Waals surface area contributed by atoms with Crippen LogP contribution in [0.4, 0.5) is 0 Å². The monoisotopic (exact) mass is 284 g/mol. The Balaban J connectivity index is 4.48. The molecule has 0 radical (unpaired) electrons. The van der Waals surface area contributed by atoms with Crippen LogP contribution in [0.3, 0.4) is 0 Å². The van der Waals surface area contributed by atoms with Gasteiger partial charge in [-0.25, -0.2) is 0 Å². The van der Waals surface area contributed by atoms with E-state index in [0.29, 0.717) is 6.61 Å². The molecule has 0 saturated heterocycles. The van der Waals surface area contributed by atoms with Crippen LogP contribution in [0.5, 0.6) is 0 Å². The lowest BCUT2D eigenvalue weighted by molar-refractivity contribution is 0.204. The van der Waals surface area contributed by atoms with Crippen LogP contribution in [0.2, 0.25) is 18.1 Å². The maximum Gasteiger partial charge on any atom is 0.192 e. The fourth-order valence-electron chi connectivity index (χ4n) is 1.38. The average Bonchev–Trinajstić information content (AvgIpc) is 2.25. The quantitative estimate of drug-likeness (QED) is 0.399. The normalized spacial score (nSPS) is 15.4. The summed E-state index contributed by atoms with van der Waals surface area (Å²) >= 11 is 0. The van der Waals surface area contributed by atoms with Gasteiger partial charge in [-0.05, 0) is 49.9 Å². The molecule has 2 nitrogen and oxygen atoms in total. The molecule has 19 heavy (non-hydrogen) atoms. The lowest BCUT2D eigenvalue weighted by Crippen LogP contribution is -2.41. The Kier molecular flexibility index (Phi) is 7.87. The third-order valence-electron chi connectivity index (χ3n) is 3.96. The van der Waals surface area contributed by atoms with Crippen molar-refractivity contribution < 1.29 is 9.53 Å². The molecule has 0 spiro atoms. The maximum atomic E-state index is 9.82. The summed E-state index contributed by atoms with van der Waals surface area (Å²) in [5, 5.41) is 10.0. The Morgan fingerprint density at radius 1 is 1.32 bits per heavy atom. The van der Waals surface area contributed by atoms with Crippen LogP contribution in [0, 0.1) is 0 Å². The van der Waals surface area contributed by atoms with Crippen LogP contribution in [0.15, 0.2) is 24.3 Å². The molecule has 0 aromatic carbocycles. The van der Waals surface area contributed by atoms with Crippen LogP contribution in [0.25, 0.3) is 0 Å². The highest BCUT2D eigenvalue weighted by molar-refractivity contribution is 6.74. The van der Waals surface area contributed by atoms with E-state index in [1.165, 1.54) is 0 Å². The number of aliphatic hydroxyl groups excluding tert-OH is 1. The molecule has 0 heterocycles. The van der Waals surface area contributed by atoms with E-state index in [9.17, 15) is 5.11 Å². The Hall–Kier alpha value is -0.383. The standard InChI is InChI=1S/C16H32O2Si/c1-8-9-10-11-12-15(14(2)17)13-18-19(6,7)16(3,4)5/h8,12,14,17H,1,9-11,13H2,2-7H3/b15-12-. The second-order valence-corrected chi connectivity index (χ2v) is 11.5. The van der Waals surface area contributed by atoms with Crippen molar-refractivity contribution >= 4 is 8.32 Å². The van der Waals surface area contributed by atoms with Crippen molar-refractivity contribution in [3.63, 3.8) is 0 Å². The van der Waals surface area contributed by atoms with E-state index in [1.807, 2.05) is 13.0 Å². The lowest BCUT2D eigenvalue weighted by atomic mass is 10.1. The molecule has 0 aliphatic carbocycles. The van der Waals surface area contributed by atoms with E-state index < -0.39 is 14.4 Å². The van der Waals surface area contributed by atoms with Crippen molar-refractivity contribution in [2.24, 2.45) is 0 Å². The van der Waals surface area contributed by atoms with Crippen molar-refractivity contribution in [3.8, 4) is 0 Å². The van der Waals surface area contributed by atoms with Gasteiger partial charge in [-0.15, -0.1) is 6.58 Å². The van der Waals surface area contributed by atoms with Crippen molar-refractivity contribution in [2.45, 2.75) is 71.2 Å². The van der Waals surface area contributed by atoms with Gasteiger partial charge in [0.25, 0.3) is 0 Å². The summed E-state index contributed by atoms with van der Waals surface area (Å²) in [6, 6.07) is 0. The van der Waals surface area contributed by atoms with Crippen LogP contribution >= 0.6 is 0 Å². The number of unbranched alkanes of at least 4 members (excludes halogenated alkanes) is 2. The van der Waals surface area contributed by atoms with Crippen LogP contribution in [-0.4, -0.2) is 26.1 Å². The third kappa shape index (κ3) is 7.09. The number of aliphatic hydroxyl groups is 1. The molecular weight excluding hydrogens is 252 g/mol. The van der Waals surface area contributed by atoms with Gasteiger partial charge >= 0.3 is 0 Å². The zero-order chi connectivity index (χ0) is 15.1. The molecule has 3 heteroatoms. The summed E-state index contributed by atoms with van der Waals surface area (Å²) in [6.07, 6.45) is 6.72. The fourth-order valence-corrected chi connectivity index (χ4v) is 2.34. The average molecular weight is 285 g/mol. The van der Waals surface area contributed by atoms with Crippen LogP contribution < -0.4 is 0 Å². The Morgan fingerprint density at radius 3 is 2.32 bits per heavy atom. The minimum atomic E-state index is -1.74. The summed E-state index contributed by atoms with van der Waals surface area (Å²) in [5.74, 6) is 0. The topological polar surface area (TPSA) is 29.5 Å². The zero-order valence-corrected chi connectivity index (χ0v) is 14.6. The molecular formula is C16H32O2Si. The molecule has 0 saturated carbocycles. The first-order valence-electron chi connectivity index (χ1n) is 7.23. The van der Waals surface area contributed by atoms with Gasteiger partial charge in [0.05, 0.1) is 12.7 Å². The van der Waals surface area contributed by atoms with Crippen molar-refractivity contribution in [3.05, 3.63) is 24.3 Å². The van der Waals surface area contributed by atoms with Gasteiger partial charge in [0.2, 0.25) is 0 Å². The summed E-state index contributed by atoms with van der Waals surface area (Å²) in [6.45, 7) is 17.3. The number of rotatable bonds is 8. The van der Waals surface area contributed by atoms with E-state index in [0.717, 1.165) is 24.8 Å². The molecule has 0 fully saturated rings. The minimum absolute atomic E-state index is 0.208. The smallest absolute Gasteiger partial charge is 0.192 e. The molecule has 1 unspecified atom stereocenters. The Morgan fingerprint density at radius 2 is 1.89 bits per heavy atom. The summed E-state index contributed by atoms with van der Waals surface area (Å²) in [7, 11) is -1.74. The Bertz CT molecular complexity index is 298. The first kappa shape index (κ1) is 18.6. The van der Waals surface area contributed by atoms with Crippen LogP contribution in [0.1, 0.15) is 47.0 Å². The van der Waals surface area contributed by atoms with Crippen molar-refractivity contribution in [1.82, 2.24) is 0 Å². The first-order chi connectivity index (χ1) is 8.62. The van der Waals surface area contributed by atoms with Gasteiger partial charge in [0, 0.05) is 0 Å². The third-order valence-corrected chi connectivity index (χ3v) is 8.44. The minimum Gasteiger partial charge on any atom is -0.413 e. The number of allylic oxidation sites excluding steroid dienone is 2. The molecule has 0 aromatic heterocycles. The fraction of sp³-hybridized carbons (Fsp3) is 0.750. The molecule has 0 aliphatic heterocycles. The molecule has 1 N–H and O–H groups in total. The summed E-state index contributed by atoms with van der Waals surface area (Å²) in [4.78, 5) is 0. The lowest BCUT2D eigenvalue weighted by Gasteiger charge is -2.36. The molecule has 0 aliphatic rings. The molecule has 0 aromatic rings. The Labute approximate surface area is 120 Å². The molecule has 0 rings (SSSR count). The number of hydrogen-bond donors (Lipinski definition) is 1.